The van der Waals surface area contributed by atoms with Crippen molar-refractivity contribution >= 4 is 42.5 Å². The van der Waals surface area contributed by atoms with E-state index in [0.717, 1.165) is 0 Å². The van der Waals surface area contributed by atoms with E-state index in [4.69, 9.17) is 5.11 Å². The van der Waals surface area contributed by atoms with Crippen LogP contribution >= 0.6 is 24.8 Å². The van der Waals surface area contributed by atoms with Crippen LogP contribution < -0.4 is 5.32 Å². The zero-order chi connectivity index (χ0) is 14.7. The van der Waals surface area contributed by atoms with Gasteiger partial charge in [-0.2, -0.15) is 0 Å². The Labute approximate surface area is 142 Å². The molecule has 1 aromatic heterocycles. The number of amides is 1. The van der Waals surface area contributed by atoms with Crippen molar-refractivity contribution < 1.29 is 14.7 Å². The van der Waals surface area contributed by atoms with Gasteiger partial charge in [-0.25, -0.2) is 4.98 Å². The van der Waals surface area contributed by atoms with Crippen molar-refractivity contribution in [1.29, 1.82) is 0 Å². The van der Waals surface area contributed by atoms with Crippen LogP contribution in [0.25, 0.3) is 0 Å². The second-order valence-corrected chi connectivity index (χ2v) is 5.27. The number of aliphatic carboxylic acids is 1. The maximum atomic E-state index is 12.5. The van der Waals surface area contributed by atoms with E-state index in [-0.39, 0.29) is 43.3 Å². The Bertz CT molecular complexity index is 526. The molecule has 1 atom stereocenters. The lowest BCUT2D eigenvalue weighted by Crippen LogP contribution is -2.31. The molecule has 0 aromatic carbocycles. The molecular weight excluding hydrogens is 329 g/mol. The van der Waals surface area contributed by atoms with Gasteiger partial charge in [0.25, 0.3) is 5.91 Å². The Morgan fingerprint density at radius 2 is 2.09 bits per heavy atom. The zero-order valence-corrected chi connectivity index (χ0v) is 14.1. The Morgan fingerprint density at radius 3 is 2.64 bits per heavy atom. The number of halogens is 2. The summed E-state index contributed by atoms with van der Waals surface area (Å²) in [7, 11) is 0. The minimum absolute atomic E-state index is 0. The number of rotatable bonds is 4. The van der Waals surface area contributed by atoms with Crippen molar-refractivity contribution in [3.05, 3.63) is 23.9 Å². The fourth-order valence-electron chi connectivity index (χ4n) is 2.28. The molecule has 2 heterocycles. The number of aromatic nitrogens is 1. The lowest BCUT2D eigenvalue weighted by molar-refractivity contribution is -0.141. The molecule has 1 amide bonds. The fraction of sp³-hybridized carbons (Fsp3) is 0.500. The van der Waals surface area contributed by atoms with Gasteiger partial charge in [-0.15, -0.1) is 24.8 Å². The molecule has 0 aliphatic carbocycles. The number of nitrogens with zero attached hydrogens (tertiary/aromatic N) is 2. The van der Waals surface area contributed by atoms with E-state index in [1.807, 2.05) is 13.8 Å². The first-order valence-electron chi connectivity index (χ1n) is 6.72. The second-order valence-electron chi connectivity index (χ2n) is 5.27. The monoisotopic (exact) mass is 349 g/mol. The number of pyridine rings is 1. The van der Waals surface area contributed by atoms with Crippen LogP contribution in [0.5, 0.6) is 0 Å². The summed E-state index contributed by atoms with van der Waals surface area (Å²) in [5.41, 5.74) is 0.493. The normalized spacial score (nSPS) is 16.7. The number of carboxylic acids is 1. The minimum atomic E-state index is -0.841. The van der Waals surface area contributed by atoms with Crippen molar-refractivity contribution in [2.45, 2.75) is 26.3 Å². The molecule has 22 heavy (non-hydrogen) atoms. The summed E-state index contributed by atoms with van der Waals surface area (Å²) in [6.45, 7) is 4.69. The molecule has 1 fully saturated rings. The first-order valence-corrected chi connectivity index (χ1v) is 6.72. The van der Waals surface area contributed by atoms with E-state index in [1.165, 1.54) is 0 Å². The van der Waals surface area contributed by atoms with E-state index in [9.17, 15) is 9.59 Å². The van der Waals surface area contributed by atoms with Crippen LogP contribution in [-0.4, -0.2) is 46.0 Å². The summed E-state index contributed by atoms with van der Waals surface area (Å²) in [5.74, 6) is -0.916. The van der Waals surface area contributed by atoms with E-state index >= 15 is 0 Å². The molecule has 124 valence electrons. The molecule has 1 aliphatic rings. The van der Waals surface area contributed by atoms with Crippen molar-refractivity contribution in [1.82, 2.24) is 9.88 Å². The van der Waals surface area contributed by atoms with Gasteiger partial charge >= 0.3 is 5.97 Å². The number of carbonyl (C=O) groups excluding carboxylic acids is 1. The SMILES string of the molecule is CC(C)Nc1ncccc1C(=O)N1CCC(C(=O)O)C1.Cl.Cl. The molecule has 1 saturated heterocycles. The standard InChI is InChI=1S/C14H19N3O3.2ClH/c1-9(2)16-12-11(4-3-6-15-12)13(18)17-7-5-10(8-17)14(19)20;;/h3-4,6,9-10H,5,7-8H2,1-2H3,(H,15,16)(H,19,20);2*1H. The number of hydrogen-bond donors (Lipinski definition) is 2. The lowest BCUT2D eigenvalue weighted by atomic mass is 10.1. The molecule has 0 bridgehead atoms. The van der Waals surface area contributed by atoms with Crippen molar-refractivity contribution in [3.63, 3.8) is 0 Å². The van der Waals surface area contributed by atoms with E-state index in [1.54, 1.807) is 23.2 Å². The molecule has 0 radical (unpaired) electrons. The van der Waals surface area contributed by atoms with E-state index in [2.05, 4.69) is 10.3 Å². The Kier molecular flexibility index (Phi) is 8.19. The maximum absolute atomic E-state index is 12.5. The number of nitrogens with one attached hydrogen (secondary N) is 1. The molecule has 6 nitrogen and oxygen atoms in total. The molecule has 1 unspecified atom stereocenters. The molecular formula is C14H21Cl2N3O3. The lowest BCUT2D eigenvalue weighted by Gasteiger charge is -2.19. The number of carboxylic acid groups (broad SMARTS) is 1. The summed E-state index contributed by atoms with van der Waals surface area (Å²) in [6.07, 6.45) is 2.14. The van der Waals surface area contributed by atoms with Gasteiger partial charge in [0.15, 0.2) is 0 Å². The van der Waals surface area contributed by atoms with Crippen molar-refractivity contribution in [2.75, 3.05) is 18.4 Å². The molecule has 2 rings (SSSR count). The Balaban J connectivity index is 0.00000220. The molecule has 0 spiro atoms. The van der Waals surface area contributed by atoms with Crippen LogP contribution in [0.1, 0.15) is 30.6 Å². The third kappa shape index (κ3) is 4.74. The van der Waals surface area contributed by atoms with Crippen molar-refractivity contribution in [3.8, 4) is 0 Å². The summed E-state index contributed by atoms with van der Waals surface area (Å²) < 4.78 is 0. The maximum Gasteiger partial charge on any atom is 0.308 e. The molecule has 0 saturated carbocycles. The smallest absolute Gasteiger partial charge is 0.308 e. The zero-order valence-electron chi connectivity index (χ0n) is 12.5. The van der Waals surface area contributed by atoms with Gasteiger partial charge in [0.05, 0.1) is 11.5 Å². The van der Waals surface area contributed by atoms with Gasteiger partial charge in [-0.05, 0) is 32.4 Å². The first kappa shape index (κ1) is 20.5. The predicted octanol–water partition coefficient (Wildman–Crippen LogP) is 2.29. The van der Waals surface area contributed by atoms with Gasteiger partial charge in [-0.3, -0.25) is 9.59 Å². The van der Waals surface area contributed by atoms with Crippen LogP contribution in [0.3, 0.4) is 0 Å². The number of carbonyl (C=O) groups is 2. The van der Waals surface area contributed by atoms with Crippen molar-refractivity contribution in [2.24, 2.45) is 5.92 Å². The van der Waals surface area contributed by atoms with Crippen LogP contribution in [-0.2, 0) is 4.79 Å². The minimum Gasteiger partial charge on any atom is -0.481 e. The van der Waals surface area contributed by atoms with Crippen LogP contribution in [0.4, 0.5) is 5.82 Å². The third-order valence-electron chi connectivity index (χ3n) is 3.29. The van der Waals surface area contributed by atoms with Crippen LogP contribution in [0.2, 0.25) is 0 Å². The molecule has 1 aliphatic heterocycles. The number of anilines is 1. The number of likely N-dealkylation sites (tertiary alicyclic amines) is 1. The first-order chi connectivity index (χ1) is 9.49. The average Bonchev–Trinajstić information content (AvgIpc) is 2.87. The van der Waals surface area contributed by atoms with Gasteiger partial charge in [0, 0.05) is 25.3 Å². The van der Waals surface area contributed by atoms with Crippen LogP contribution in [0, 0.1) is 5.92 Å². The summed E-state index contributed by atoms with van der Waals surface area (Å²) >= 11 is 0. The van der Waals surface area contributed by atoms with Crippen LogP contribution in [0.15, 0.2) is 18.3 Å². The largest absolute Gasteiger partial charge is 0.481 e. The summed E-state index contributed by atoms with van der Waals surface area (Å²) in [4.78, 5) is 29.2. The molecule has 8 heteroatoms. The molecule has 1 aromatic rings. The Morgan fingerprint density at radius 1 is 1.41 bits per heavy atom. The van der Waals surface area contributed by atoms with E-state index in [0.29, 0.717) is 24.3 Å². The quantitative estimate of drug-likeness (QED) is 0.871. The highest BCUT2D eigenvalue weighted by Crippen LogP contribution is 2.21. The second kappa shape index (κ2) is 8.80. The summed E-state index contributed by atoms with van der Waals surface area (Å²) in [5, 5.41) is 12.1. The Hall–Kier alpha value is -1.53. The molecule has 2 N–H and O–H groups in total. The fourth-order valence-corrected chi connectivity index (χ4v) is 2.28. The average molecular weight is 350 g/mol. The topological polar surface area (TPSA) is 82.5 Å². The summed E-state index contributed by atoms with van der Waals surface area (Å²) in [6, 6.07) is 3.60. The third-order valence-corrected chi connectivity index (χ3v) is 3.29. The van der Waals surface area contributed by atoms with Gasteiger partial charge in [-0.1, -0.05) is 0 Å². The van der Waals surface area contributed by atoms with Gasteiger partial charge < -0.3 is 15.3 Å². The van der Waals surface area contributed by atoms with E-state index < -0.39 is 11.9 Å². The highest BCUT2D eigenvalue weighted by molar-refractivity contribution is 5.99. The highest BCUT2D eigenvalue weighted by atomic mass is 35.5. The highest BCUT2D eigenvalue weighted by Gasteiger charge is 2.32. The van der Waals surface area contributed by atoms with Gasteiger partial charge in [0.1, 0.15) is 5.82 Å². The number of hydrogen-bond acceptors (Lipinski definition) is 4. The predicted molar refractivity (Wildman–Crippen MR) is 89.1 cm³/mol. The van der Waals surface area contributed by atoms with Gasteiger partial charge in [0.2, 0.25) is 0 Å².